The number of hydrogen-bond donors (Lipinski definition) is 2. The molecule has 30 heavy (non-hydrogen) atoms. The molecule has 1 saturated heterocycles. The van der Waals surface area contributed by atoms with E-state index in [0.717, 1.165) is 4.31 Å². The molecule has 2 aromatic rings. The second-order valence-corrected chi connectivity index (χ2v) is 10.6. The lowest BCUT2D eigenvalue weighted by Crippen LogP contribution is -2.30. The maximum atomic E-state index is 12.8. The van der Waals surface area contributed by atoms with E-state index < -0.39 is 31.9 Å². The molecule has 0 aliphatic carbocycles. The number of benzene rings is 2. The van der Waals surface area contributed by atoms with E-state index in [9.17, 15) is 26.4 Å². The molecule has 2 aromatic carbocycles. The zero-order valence-electron chi connectivity index (χ0n) is 16.5. The van der Waals surface area contributed by atoms with Crippen molar-refractivity contribution in [2.24, 2.45) is 5.92 Å². The van der Waals surface area contributed by atoms with Crippen LogP contribution in [0.5, 0.6) is 0 Å². The Kier molecular flexibility index (Phi) is 5.61. The second-order valence-electron chi connectivity index (χ2n) is 7.10. The van der Waals surface area contributed by atoms with Gasteiger partial charge in [-0.15, -0.1) is 0 Å². The summed E-state index contributed by atoms with van der Waals surface area (Å²) in [6.07, 6.45) is 0. The Bertz CT molecular complexity index is 1240. The summed E-state index contributed by atoms with van der Waals surface area (Å²) in [7, 11) is -7.78. The molecule has 2 amide bonds. The molecule has 1 fully saturated rings. The normalized spacial score (nSPS) is 18.3. The van der Waals surface area contributed by atoms with Crippen molar-refractivity contribution in [1.29, 1.82) is 0 Å². The first kappa shape index (κ1) is 21.8. The number of amides is 2. The molecule has 160 valence electrons. The fraction of sp³-hybridized carbons (Fsp3) is 0.263. The van der Waals surface area contributed by atoms with Gasteiger partial charge in [0, 0.05) is 12.6 Å². The lowest BCUT2D eigenvalue weighted by atomic mass is 10.2. The lowest BCUT2D eigenvalue weighted by Gasteiger charge is -2.17. The van der Waals surface area contributed by atoms with Crippen molar-refractivity contribution < 1.29 is 26.4 Å². The number of nitrogens with zero attached hydrogens (tertiary/aromatic N) is 1. The number of carbonyl (C=O) groups excluding carboxylic acids is 2. The predicted octanol–water partition coefficient (Wildman–Crippen LogP) is 2.07. The van der Waals surface area contributed by atoms with Crippen LogP contribution in [0.4, 0.5) is 17.1 Å². The van der Waals surface area contributed by atoms with Crippen LogP contribution < -0.4 is 14.3 Å². The highest BCUT2D eigenvalue weighted by Crippen LogP contribution is 2.31. The highest BCUT2D eigenvalue weighted by atomic mass is 32.2. The number of hydrogen-bond acceptors (Lipinski definition) is 6. The summed E-state index contributed by atoms with van der Waals surface area (Å²) >= 11 is 0. The minimum atomic E-state index is -4.00. The van der Waals surface area contributed by atoms with E-state index in [1.165, 1.54) is 51.1 Å². The average molecular weight is 452 g/mol. The minimum Gasteiger partial charge on any atom is -0.326 e. The monoisotopic (exact) mass is 451 g/mol. The SMILES string of the molecule is CC(=O)Nc1cccc(NS(=O)(=O)c2ccc(N3C(=O)C(C)CS3(=O)=O)cc2C)c1. The van der Waals surface area contributed by atoms with Crippen molar-refractivity contribution >= 4 is 48.9 Å². The van der Waals surface area contributed by atoms with Gasteiger partial charge in [-0.25, -0.2) is 21.1 Å². The van der Waals surface area contributed by atoms with Gasteiger partial charge in [0.1, 0.15) is 0 Å². The molecule has 1 aliphatic heterocycles. The van der Waals surface area contributed by atoms with E-state index in [0.29, 0.717) is 5.69 Å². The number of aryl methyl sites for hydroxylation is 1. The van der Waals surface area contributed by atoms with Crippen LogP contribution >= 0.6 is 0 Å². The molecular weight excluding hydrogens is 430 g/mol. The molecule has 0 saturated carbocycles. The third-order valence-corrected chi connectivity index (χ3v) is 7.89. The van der Waals surface area contributed by atoms with Crippen LogP contribution in [-0.2, 0) is 29.6 Å². The Balaban J connectivity index is 1.91. The summed E-state index contributed by atoms with van der Waals surface area (Å²) in [4.78, 5) is 23.4. The van der Waals surface area contributed by atoms with Gasteiger partial charge in [0.05, 0.1) is 27.9 Å². The quantitative estimate of drug-likeness (QED) is 0.716. The first-order valence-corrected chi connectivity index (χ1v) is 12.1. The van der Waals surface area contributed by atoms with Crippen molar-refractivity contribution in [2.75, 3.05) is 20.1 Å². The van der Waals surface area contributed by atoms with Gasteiger partial charge >= 0.3 is 0 Å². The van der Waals surface area contributed by atoms with Gasteiger partial charge < -0.3 is 5.32 Å². The van der Waals surface area contributed by atoms with Gasteiger partial charge in [0.2, 0.25) is 21.8 Å². The average Bonchev–Trinajstić information content (AvgIpc) is 2.80. The molecule has 0 spiro atoms. The Hall–Kier alpha value is -2.92. The largest absolute Gasteiger partial charge is 0.326 e. The first-order valence-electron chi connectivity index (χ1n) is 8.99. The molecule has 9 nitrogen and oxygen atoms in total. The van der Waals surface area contributed by atoms with Crippen LogP contribution in [0.1, 0.15) is 19.4 Å². The highest BCUT2D eigenvalue weighted by molar-refractivity contribution is 7.94. The summed E-state index contributed by atoms with van der Waals surface area (Å²) < 4.78 is 53.4. The maximum Gasteiger partial charge on any atom is 0.262 e. The Labute approximate surface area is 175 Å². The van der Waals surface area contributed by atoms with E-state index in [-0.39, 0.29) is 33.5 Å². The third kappa shape index (κ3) is 4.31. The minimum absolute atomic E-state index is 0.0618. The van der Waals surface area contributed by atoms with Gasteiger partial charge in [-0.2, -0.15) is 0 Å². The molecule has 3 rings (SSSR count). The number of nitrogens with one attached hydrogen (secondary N) is 2. The molecule has 1 aliphatic rings. The molecule has 1 unspecified atom stereocenters. The second kappa shape index (κ2) is 7.73. The zero-order chi connectivity index (χ0) is 22.3. The van der Waals surface area contributed by atoms with Crippen LogP contribution in [0.25, 0.3) is 0 Å². The van der Waals surface area contributed by atoms with Gasteiger partial charge in [0.15, 0.2) is 0 Å². The summed E-state index contributed by atoms with van der Waals surface area (Å²) in [6.45, 7) is 4.39. The van der Waals surface area contributed by atoms with Gasteiger partial charge in [-0.3, -0.25) is 14.3 Å². The van der Waals surface area contributed by atoms with E-state index in [4.69, 9.17) is 0 Å². The van der Waals surface area contributed by atoms with Gasteiger partial charge in [-0.1, -0.05) is 13.0 Å². The van der Waals surface area contributed by atoms with Crippen molar-refractivity contribution in [2.45, 2.75) is 25.7 Å². The van der Waals surface area contributed by atoms with E-state index >= 15 is 0 Å². The first-order chi connectivity index (χ1) is 13.9. The van der Waals surface area contributed by atoms with Crippen LogP contribution in [0.15, 0.2) is 47.4 Å². The molecule has 2 N–H and O–H groups in total. The summed E-state index contributed by atoms with van der Waals surface area (Å²) in [5.74, 6) is -1.77. The molecule has 1 atom stereocenters. The molecular formula is C19H21N3O6S2. The molecule has 0 radical (unpaired) electrons. The van der Waals surface area contributed by atoms with Gasteiger partial charge in [0.25, 0.3) is 10.0 Å². The summed E-state index contributed by atoms with van der Waals surface area (Å²) in [5.41, 5.74) is 1.06. The van der Waals surface area contributed by atoms with E-state index in [1.807, 2.05) is 0 Å². The Morgan fingerprint density at radius 1 is 1.13 bits per heavy atom. The smallest absolute Gasteiger partial charge is 0.262 e. The van der Waals surface area contributed by atoms with Crippen molar-refractivity contribution in [3.8, 4) is 0 Å². The van der Waals surface area contributed by atoms with Crippen molar-refractivity contribution in [3.05, 3.63) is 48.0 Å². The third-order valence-electron chi connectivity index (χ3n) is 4.48. The predicted molar refractivity (Wildman–Crippen MR) is 113 cm³/mol. The van der Waals surface area contributed by atoms with Crippen molar-refractivity contribution in [3.63, 3.8) is 0 Å². The van der Waals surface area contributed by atoms with Crippen LogP contribution in [0.3, 0.4) is 0 Å². The van der Waals surface area contributed by atoms with Crippen LogP contribution in [0, 0.1) is 12.8 Å². The molecule has 1 heterocycles. The Morgan fingerprint density at radius 3 is 2.37 bits per heavy atom. The van der Waals surface area contributed by atoms with Crippen molar-refractivity contribution in [1.82, 2.24) is 0 Å². The fourth-order valence-electron chi connectivity index (χ4n) is 3.22. The Morgan fingerprint density at radius 2 is 1.80 bits per heavy atom. The standard InChI is InChI=1S/C19H21N3O6S2/c1-12-9-17(22-19(24)13(2)11-29(22,25)26)7-8-18(12)30(27,28)21-16-6-4-5-15(10-16)20-14(3)23/h4-10,13,21H,11H2,1-3H3,(H,20,23). The number of anilines is 3. The maximum absolute atomic E-state index is 12.8. The van der Waals surface area contributed by atoms with Crippen LogP contribution in [-0.4, -0.2) is 34.4 Å². The lowest BCUT2D eigenvalue weighted by molar-refractivity contribution is -0.119. The van der Waals surface area contributed by atoms with E-state index in [2.05, 4.69) is 10.0 Å². The highest BCUT2D eigenvalue weighted by Gasteiger charge is 2.42. The number of carbonyl (C=O) groups is 2. The molecule has 0 aromatic heterocycles. The molecule has 11 heteroatoms. The number of rotatable bonds is 5. The summed E-state index contributed by atoms with van der Waals surface area (Å²) in [5, 5.41) is 2.57. The summed E-state index contributed by atoms with van der Waals surface area (Å²) in [6, 6.07) is 10.1. The van der Waals surface area contributed by atoms with Crippen LogP contribution in [0.2, 0.25) is 0 Å². The zero-order valence-corrected chi connectivity index (χ0v) is 18.2. The van der Waals surface area contributed by atoms with Gasteiger partial charge in [-0.05, 0) is 48.9 Å². The number of sulfonamides is 2. The fourth-order valence-corrected chi connectivity index (χ4v) is 6.31. The topological polar surface area (TPSA) is 130 Å². The molecule has 0 bridgehead atoms. The van der Waals surface area contributed by atoms with E-state index in [1.54, 1.807) is 12.1 Å².